The van der Waals surface area contributed by atoms with Crippen LogP contribution in [0.5, 0.6) is 0 Å². The Morgan fingerprint density at radius 1 is 1.47 bits per heavy atom. The number of benzene rings is 1. The zero-order chi connectivity index (χ0) is 13.7. The second kappa shape index (κ2) is 6.58. The fourth-order valence-electron chi connectivity index (χ4n) is 1.87. The van der Waals surface area contributed by atoms with E-state index in [-0.39, 0.29) is 16.8 Å². The molecule has 6 heteroatoms. The van der Waals surface area contributed by atoms with E-state index in [0.717, 1.165) is 19.4 Å². The highest BCUT2D eigenvalue weighted by molar-refractivity contribution is 7.80. The topological polar surface area (TPSA) is 50.4 Å². The van der Waals surface area contributed by atoms with Crippen molar-refractivity contribution in [3.63, 3.8) is 0 Å². The van der Waals surface area contributed by atoms with Crippen molar-refractivity contribution in [1.82, 2.24) is 10.6 Å². The van der Waals surface area contributed by atoms with Crippen LogP contribution in [0.4, 0.5) is 4.39 Å². The Morgan fingerprint density at radius 3 is 2.95 bits per heavy atom. The molecule has 1 fully saturated rings. The molecule has 0 bridgehead atoms. The van der Waals surface area contributed by atoms with Crippen molar-refractivity contribution in [3.8, 4) is 0 Å². The Kier molecular flexibility index (Phi) is 4.81. The number of nitrogens with one attached hydrogen (secondary N) is 2. The van der Waals surface area contributed by atoms with E-state index >= 15 is 0 Å². The molecule has 0 spiro atoms. The largest absolute Gasteiger partial charge is 0.376 e. The molecule has 1 aliphatic rings. The zero-order valence-corrected chi connectivity index (χ0v) is 11.1. The van der Waals surface area contributed by atoms with E-state index < -0.39 is 11.7 Å². The van der Waals surface area contributed by atoms with Gasteiger partial charge in [0.05, 0.1) is 11.7 Å². The Morgan fingerprint density at radius 2 is 2.26 bits per heavy atom. The molecule has 0 radical (unpaired) electrons. The SMILES string of the molecule is O=C(NC(=S)NC[C@H]1CCCO1)c1ccccc1F. The van der Waals surface area contributed by atoms with Crippen molar-refractivity contribution < 1.29 is 13.9 Å². The monoisotopic (exact) mass is 282 g/mol. The lowest BCUT2D eigenvalue weighted by molar-refractivity contribution is 0.0969. The van der Waals surface area contributed by atoms with Crippen molar-refractivity contribution in [2.45, 2.75) is 18.9 Å². The summed E-state index contributed by atoms with van der Waals surface area (Å²) in [6.45, 7) is 1.32. The van der Waals surface area contributed by atoms with Crippen LogP contribution >= 0.6 is 12.2 Å². The molecule has 1 aromatic carbocycles. The predicted molar refractivity (Wildman–Crippen MR) is 73.4 cm³/mol. The predicted octanol–water partition coefficient (Wildman–Crippen LogP) is 1.61. The van der Waals surface area contributed by atoms with Crippen LogP contribution in [0.3, 0.4) is 0 Å². The third kappa shape index (κ3) is 3.97. The van der Waals surface area contributed by atoms with Gasteiger partial charge < -0.3 is 10.1 Å². The number of amides is 1. The zero-order valence-electron chi connectivity index (χ0n) is 10.3. The first-order valence-electron chi connectivity index (χ1n) is 6.12. The number of hydrogen-bond acceptors (Lipinski definition) is 3. The first-order chi connectivity index (χ1) is 9.16. The molecule has 1 atom stereocenters. The number of carbonyl (C=O) groups excluding carboxylic acids is 1. The van der Waals surface area contributed by atoms with Gasteiger partial charge in [-0.3, -0.25) is 10.1 Å². The Hall–Kier alpha value is -1.53. The van der Waals surface area contributed by atoms with Gasteiger partial charge in [0.25, 0.3) is 5.91 Å². The van der Waals surface area contributed by atoms with Crippen LogP contribution in [-0.4, -0.2) is 30.3 Å². The maximum Gasteiger partial charge on any atom is 0.260 e. The van der Waals surface area contributed by atoms with Crippen LogP contribution < -0.4 is 10.6 Å². The van der Waals surface area contributed by atoms with Crippen LogP contribution in [-0.2, 0) is 4.74 Å². The van der Waals surface area contributed by atoms with Gasteiger partial charge in [-0.05, 0) is 37.2 Å². The molecule has 19 heavy (non-hydrogen) atoms. The number of hydrogen-bond donors (Lipinski definition) is 2. The van der Waals surface area contributed by atoms with Gasteiger partial charge in [-0.2, -0.15) is 0 Å². The molecule has 1 aromatic rings. The van der Waals surface area contributed by atoms with Crippen molar-refractivity contribution in [2.75, 3.05) is 13.2 Å². The molecular formula is C13H15FN2O2S. The van der Waals surface area contributed by atoms with Crippen LogP contribution in [0.15, 0.2) is 24.3 Å². The highest BCUT2D eigenvalue weighted by atomic mass is 32.1. The van der Waals surface area contributed by atoms with E-state index in [1.807, 2.05) is 0 Å². The van der Waals surface area contributed by atoms with Crippen LogP contribution in [0.1, 0.15) is 23.2 Å². The fraction of sp³-hybridized carbons (Fsp3) is 0.385. The average molecular weight is 282 g/mol. The molecule has 1 amide bonds. The number of rotatable bonds is 3. The van der Waals surface area contributed by atoms with Crippen molar-refractivity contribution in [3.05, 3.63) is 35.6 Å². The number of halogens is 1. The molecule has 0 saturated carbocycles. The van der Waals surface area contributed by atoms with Crippen molar-refractivity contribution in [2.24, 2.45) is 0 Å². The first-order valence-corrected chi connectivity index (χ1v) is 6.53. The Bertz CT molecular complexity index is 475. The fourth-order valence-corrected chi connectivity index (χ4v) is 2.05. The summed E-state index contributed by atoms with van der Waals surface area (Å²) >= 11 is 4.99. The molecule has 2 rings (SSSR count). The standard InChI is InChI=1S/C13H15FN2O2S/c14-11-6-2-1-5-10(11)12(17)16-13(19)15-8-9-4-3-7-18-9/h1-2,5-6,9H,3-4,7-8H2,(H2,15,16,17,19)/t9-/m1/s1. The van der Waals surface area contributed by atoms with Crippen molar-refractivity contribution in [1.29, 1.82) is 0 Å². The van der Waals surface area contributed by atoms with Crippen LogP contribution in [0, 0.1) is 5.82 Å². The normalized spacial score (nSPS) is 18.1. The van der Waals surface area contributed by atoms with Gasteiger partial charge in [-0.1, -0.05) is 12.1 Å². The van der Waals surface area contributed by atoms with Crippen molar-refractivity contribution >= 4 is 23.2 Å². The van der Waals surface area contributed by atoms with Crippen LogP contribution in [0.2, 0.25) is 0 Å². The summed E-state index contributed by atoms with van der Waals surface area (Å²) in [5.41, 5.74) is -0.0243. The highest BCUT2D eigenvalue weighted by Gasteiger charge is 2.16. The maximum absolute atomic E-state index is 13.4. The molecular weight excluding hydrogens is 267 g/mol. The van der Waals surface area contributed by atoms with E-state index in [4.69, 9.17) is 17.0 Å². The van der Waals surface area contributed by atoms with Gasteiger partial charge in [-0.15, -0.1) is 0 Å². The summed E-state index contributed by atoms with van der Waals surface area (Å²) in [7, 11) is 0. The minimum Gasteiger partial charge on any atom is -0.376 e. The first kappa shape index (κ1) is 13.9. The molecule has 2 N–H and O–H groups in total. The summed E-state index contributed by atoms with van der Waals surface area (Å²) in [4.78, 5) is 11.8. The van der Waals surface area contributed by atoms with Gasteiger partial charge in [0.15, 0.2) is 5.11 Å². The smallest absolute Gasteiger partial charge is 0.260 e. The number of ether oxygens (including phenoxy) is 1. The van der Waals surface area contributed by atoms with E-state index in [1.165, 1.54) is 18.2 Å². The Balaban J connectivity index is 1.81. The average Bonchev–Trinajstić information content (AvgIpc) is 2.90. The third-order valence-corrected chi connectivity index (χ3v) is 3.11. The molecule has 102 valence electrons. The summed E-state index contributed by atoms with van der Waals surface area (Å²) in [5.74, 6) is -1.12. The summed E-state index contributed by atoms with van der Waals surface area (Å²) in [6, 6.07) is 5.77. The van der Waals surface area contributed by atoms with Crippen LogP contribution in [0.25, 0.3) is 0 Å². The molecule has 0 aromatic heterocycles. The quantitative estimate of drug-likeness (QED) is 0.827. The lowest BCUT2D eigenvalue weighted by Gasteiger charge is -2.13. The van der Waals surface area contributed by atoms with E-state index in [1.54, 1.807) is 6.07 Å². The summed E-state index contributed by atoms with van der Waals surface area (Å²) in [6.07, 6.45) is 2.15. The molecule has 1 heterocycles. The minimum atomic E-state index is -0.568. The number of carbonyl (C=O) groups is 1. The van der Waals surface area contributed by atoms with Gasteiger partial charge in [0.1, 0.15) is 5.82 Å². The lowest BCUT2D eigenvalue weighted by atomic mass is 10.2. The summed E-state index contributed by atoms with van der Waals surface area (Å²) in [5, 5.41) is 5.53. The number of thiocarbonyl (C=S) groups is 1. The summed E-state index contributed by atoms with van der Waals surface area (Å²) < 4.78 is 18.8. The second-order valence-corrected chi connectivity index (χ2v) is 4.69. The van der Waals surface area contributed by atoms with E-state index in [9.17, 15) is 9.18 Å². The second-order valence-electron chi connectivity index (χ2n) is 4.28. The lowest BCUT2D eigenvalue weighted by Crippen LogP contribution is -2.42. The van der Waals surface area contributed by atoms with E-state index in [2.05, 4.69) is 10.6 Å². The Labute approximate surface area is 116 Å². The van der Waals surface area contributed by atoms with Gasteiger partial charge in [0.2, 0.25) is 0 Å². The maximum atomic E-state index is 13.4. The van der Waals surface area contributed by atoms with E-state index in [0.29, 0.717) is 6.54 Å². The van der Waals surface area contributed by atoms with Gasteiger partial charge in [-0.25, -0.2) is 4.39 Å². The molecule has 1 aliphatic heterocycles. The molecule has 4 nitrogen and oxygen atoms in total. The highest BCUT2D eigenvalue weighted by Crippen LogP contribution is 2.10. The molecule has 0 unspecified atom stereocenters. The third-order valence-electron chi connectivity index (χ3n) is 2.86. The van der Waals surface area contributed by atoms with Gasteiger partial charge >= 0.3 is 0 Å². The molecule has 0 aliphatic carbocycles. The molecule has 1 saturated heterocycles. The van der Waals surface area contributed by atoms with Gasteiger partial charge in [0, 0.05) is 13.2 Å². The minimum absolute atomic E-state index is 0.0243.